The normalized spacial score (nSPS) is 19.6. The summed E-state index contributed by atoms with van der Waals surface area (Å²) in [5.74, 6) is -0.243. The first kappa shape index (κ1) is 45.4. The zero-order valence-corrected chi connectivity index (χ0v) is 38.5. The third kappa shape index (κ3) is 9.48. The molecule has 0 radical (unpaired) electrons. The molecule has 3 aromatic carbocycles. The second-order valence-electron chi connectivity index (χ2n) is 19.1. The molecular formula is C51H63N7O7. The SMILES string of the molecule is COC(=O)N[C@H](C(=O)N1CCC[C@H]1C(=O)Nc1ccc(-c2cc3c(c(-c4ccc(-c5cnc([C@@H]6CCCN6C(=O)[C@@H](NC(=O)OC)C(C)C)[nH]5)cc4)c2)CC2(CCCC2)C3)cc1)C(C)C. The first-order chi connectivity index (χ1) is 31.3. The average Bonchev–Trinajstić information content (AvgIpc) is 4.17. The summed E-state index contributed by atoms with van der Waals surface area (Å²) in [6.07, 6.45) is 10.6. The lowest BCUT2D eigenvalue weighted by atomic mass is 9.83. The number of carbonyl (C=O) groups is 5. The number of nitrogens with zero attached hydrogens (tertiary/aromatic N) is 3. The summed E-state index contributed by atoms with van der Waals surface area (Å²) in [4.78, 5) is 76.7. The molecule has 3 fully saturated rings. The second kappa shape index (κ2) is 19.1. The van der Waals surface area contributed by atoms with Crippen LogP contribution < -0.4 is 16.0 Å². The van der Waals surface area contributed by atoms with Gasteiger partial charge in [0.05, 0.1) is 32.2 Å². The van der Waals surface area contributed by atoms with E-state index < -0.39 is 30.3 Å². The Morgan fingerprint density at radius 1 is 0.708 bits per heavy atom. The van der Waals surface area contributed by atoms with Gasteiger partial charge >= 0.3 is 12.2 Å². The van der Waals surface area contributed by atoms with Crippen LogP contribution in [0.3, 0.4) is 0 Å². The fourth-order valence-corrected chi connectivity index (χ4v) is 10.7. The van der Waals surface area contributed by atoms with Gasteiger partial charge in [0, 0.05) is 18.8 Å². The molecule has 0 unspecified atom stereocenters. The lowest BCUT2D eigenvalue weighted by molar-refractivity contribution is -0.139. The Labute approximate surface area is 381 Å². The van der Waals surface area contributed by atoms with Crippen LogP contribution in [0.2, 0.25) is 0 Å². The van der Waals surface area contributed by atoms with E-state index in [2.05, 4.69) is 57.3 Å². The highest BCUT2D eigenvalue weighted by atomic mass is 16.5. The van der Waals surface area contributed by atoms with Gasteiger partial charge < -0.3 is 40.2 Å². The van der Waals surface area contributed by atoms with Gasteiger partial charge in [-0.25, -0.2) is 14.6 Å². The Bertz CT molecular complexity index is 2400. The number of anilines is 1. The third-order valence-electron chi connectivity index (χ3n) is 14.2. The number of ether oxygens (including phenoxy) is 2. The highest BCUT2D eigenvalue weighted by molar-refractivity contribution is 5.99. The van der Waals surface area contributed by atoms with E-state index in [1.807, 2.05) is 63.1 Å². The number of rotatable bonds is 12. The van der Waals surface area contributed by atoms with Crippen LogP contribution in [0.4, 0.5) is 15.3 Å². The van der Waals surface area contributed by atoms with E-state index in [4.69, 9.17) is 14.5 Å². The number of amides is 5. The van der Waals surface area contributed by atoms with Crippen LogP contribution in [0.25, 0.3) is 33.5 Å². The van der Waals surface area contributed by atoms with Gasteiger partial charge in [0.1, 0.15) is 23.9 Å². The van der Waals surface area contributed by atoms with Crippen molar-refractivity contribution in [3.05, 3.63) is 83.8 Å². The number of fused-ring (bicyclic) bond motifs is 1. The Balaban J connectivity index is 0.998. The van der Waals surface area contributed by atoms with Gasteiger partial charge in [0.15, 0.2) is 0 Å². The van der Waals surface area contributed by atoms with Gasteiger partial charge in [0.2, 0.25) is 17.7 Å². The number of nitrogens with one attached hydrogen (secondary N) is 4. The summed E-state index contributed by atoms with van der Waals surface area (Å²) in [5.41, 5.74) is 10.2. The molecule has 1 spiro atoms. The van der Waals surface area contributed by atoms with E-state index in [0.29, 0.717) is 37.0 Å². The molecule has 4 N–H and O–H groups in total. The molecule has 65 heavy (non-hydrogen) atoms. The quantitative estimate of drug-likeness (QED) is 0.110. The summed E-state index contributed by atoms with van der Waals surface area (Å²) in [6.45, 7) is 8.56. The molecular weight excluding hydrogens is 823 g/mol. The number of hydrogen-bond acceptors (Lipinski definition) is 8. The van der Waals surface area contributed by atoms with Gasteiger partial charge in [-0.2, -0.15) is 0 Å². The molecule has 2 aliphatic carbocycles. The summed E-state index contributed by atoms with van der Waals surface area (Å²) in [6, 6.07) is 18.9. The van der Waals surface area contributed by atoms with Crippen molar-refractivity contribution in [2.75, 3.05) is 32.6 Å². The van der Waals surface area contributed by atoms with Crippen molar-refractivity contribution in [1.29, 1.82) is 0 Å². The summed E-state index contributed by atoms with van der Waals surface area (Å²) >= 11 is 0. The number of aromatic amines is 1. The number of hydrogen-bond donors (Lipinski definition) is 4. The number of aromatic nitrogens is 2. The largest absolute Gasteiger partial charge is 0.453 e. The molecule has 0 bridgehead atoms. The van der Waals surface area contributed by atoms with E-state index in [-0.39, 0.29) is 35.6 Å². The molecule has 5 amide bonds. The van der Waals surface area contributed by atoms with Gasteiger partial charge in [-0.1, -0.05) is 83.0 Å². The van der Waals surface area contributed by atoms with E-state index >= 15 is 0 Å². The minimum Gasteiger partial charge on any atom is -0.453 e. The van der Waals surface area contributed by atoms with Crippen LogP contribution in [-0.2, 0) is 36.7 Å². The lowest BCUT2D eigenvalue weighted by Crippen LogP contribution is -2.54. The van der Waals surface area contributed by atoms with Crippen molar-refractivity contribution in [2.24, 2.45) is 17.3 Å². The molecule has 8 rings (SSSR count). The first-order valence-electron chi connectivity index (χ1n) is 23.3. The zero-order valence-electron chi connectivity index (χ0n) is 38.5. The monoisotopic (exact) mass is 885 g/mol. The summed E-state index contributed by atoms with van der Waals surface area (Å²) in [7, 11) is 2.56. The fraction of sp³-hybridized carbons (Fsp3) is 0.490. The fourth-order valence-electron chi connectivity index (χ4n) is 10.7. The molecule has 14 heteroatoms. The molecule has 14 nitrogen and oxygen atoms in total. The standard InChI is InChI=1S/C51H63N7O7/c1-30(2)43(55-49(62)64-5)47(60)57-23-9-11-41(57)45-52-29-40(54-45)34-15-13-33(14-16-34)38-26-35(25-36-27-51(28-39(36)38)21-7-8-22-51)32-17-19-37(20-18-32)53-46(59)42-12-10-24-58(42)48(61)44(31(3)4)56-50(63)65-6/h13-20,25-26,29-31,41-44H,7-12,21-24,27-28H2,1-6H3,(H,52,54)(H,53,59)(H,55,62)(H,56,63)/t41-,42-,43-,44-/m0/s1. The number of H-pyrrole nitrogens is 1. The zero-order chi connectivity index (χ0) is 46.0. The minimum atomic E-state index is -0.796. The molecule has 4 aromatic rings. The van der Waals surface area contributed by atoms with Crippen molar-refractivity contribution in [2.45, 2.75) is 116 Å². The van der Waals surface area contributed by atoms with Gasteiger partial charge in [-0.05, 0) is 126 Å². The van der Waals surface area contributed by atoms with Crippen LogP contribution in [0, 0.1) is 17.3 Å². The Hall–Kier alpha value is -6.18. The first-order valence-corrected chi connectivity index (χ1v) is 23.3. The predicted molar refractivity (Wildman–Crippen MR) is 249 cm³/mol. The summed E-state index contributed by atoms with van der Waals surface area (Å²) < 4.78 is 9.55. The van der Waals surface area contributed by atoms with E-state index in [0.717, 1.165) is 59.5 Å². The third-order valence-corrected chi connectivity index (χ3v) is 14.2. The van der Waals surface area contributed by atoms with Crippen LogP contribution in [0.15, 0.2) is 66.9 Å². The maximum atomic E-state index is 13.7. The Morgan fingerprint density at radius 3 is 1.92 bits per heavy atom. The maximum Gasteiger partial charge on any atom is 0.407 e. The number of carbonyl (C=O) groups excluding carboxylic acids is 5. The molecule has 4 atom stereocenters. The molecule has 1 aromatic heterocycles. The molecule has 2 saturated heterocycles. The van der Waals surface area contributed by atoms with Crippen molar-refractivity contribution in [1.82, 2.24) is 30.4 Å². The molecule has 344 valence electrons. The Morgan fingerprint density at radius 2 is 1.29 bits per heavy atom. The highest BCUT2D eigenvalue weighted by Gasteiger charge is 2.42. The van der Waals surface area contributed by atoms with Crippen molar-refractivity contribution in [3.8, 4) is 33.5 Å². The molecule has 1 saturated carbocycles. The molecule has 3 heterocycles. The van der Waals surface area contributed by atoms with Crippen LogP contribution in [0.5, 0.6) is 0 Å². The molecule has 2 aliphatic heterocycles. The van der Waals surface area contributed by atoms with Crippen LogP contribution >= 0.6 is 0 Å². The Kier molecular flexibility index (Phi) is 13.3. The topological polar surface area (TPSA) is 175 Å². The second-order valence-corrected chi connectivity index (χ2v) is 19.1. The number of methoxy groups -OCH3 is 2. The van der Waals surface area contributed by atoms with E-state index in [1.54, 1.807) is 4.90 Å². The number of alkyl carbamates (subject to hydrolysis) is 2. The van der Waals surface area contributed by atoms with Crippen LogP contribution in [-0.4, -0.2) is 95.1 Å². The predicted octanol–water partition coefficient (Wildman–Crippen LogP) is 8.42. The number of likely N-dealkylation sites (tertiary alicyclic amines) is 2. The summed E-state index contributed by atoms with van der Waals surface area (Å²) in [5, 5.41) is 8.41. The van der Waals surface area contributed by atoms with Gasteiger partial charge in [-0.3, -0.25) is 14.4 Å². The van der Waals surface area contributed by atoms with Gasteiger partial charge in [0.25, 0.3) is 0 Å². The number of benzene rings is 3. The van der Waals surface area contributed by atoms with Gasteiger partial charge in [-0.15, -0.1) is 0 Å². The van der Waals surface area contributed by atoms with E-state index in [1.165, 1.54) is 56.6 Å². The minimum absolute atomic E-state index is 0.113. The van der Waals surface area contributed by atoms with Crippen molar-refractivity contribution >= 4 is 35.6 Å². The van der Waals surface area contributed by atoms with Crippen molar-refractivity contribution in [3.63, 3.8) is 0 Å². The smallest absolute Gasteiger partial charge is 0.407 e. The molecule has 4 aliphatic rings. The maximum absolute atomic E-state index is 13.7. The van der Waals surface area contributed by atoms with Crippen LogP contribution in [0.1, 0.15) is 102 Å². The van der Waals surface area contributed by atoms with Crippen molar-refractivity contribution < 1.29 is 33.4 Å². The highest BCUT2D eigenvalue weighted by Crippen LogP contribution is 2.52. The average molecular weight is 886 g/mol. The van der Waals surface area contributed by atoms with E-state index in [9.17, 15) is 24.0 Å². The number of imidazole rings is 1. The lowest BCUT2D eigenvalue weighted by Gasteiger charge is -2.30.